The molecule has 0 aromatic rings. The summed E-state index contributed by atoms with van der Waals surface area (Å²) in [6, 6.07) is 0. The summed E-state index contributed by atoms with van der Waals surface area (Å²) in [6.45, 7) is 4.58. The molecule has 0 aromatic carbocycles. The summed E-state index contributed by atoms with van der Waals surface area (Å²) in [5, 5.41) is 0. The van der Waals surface area contributed by atoms with Crippen LogP contribution in [0.2, 0.25) is 0 Å². The quantitative estimate of drug-likeness (QED) is 0.436. The predicted molar refractivity (Wildman–Crippen MR) is 62.8 cm³/mol. The normalized spacial score (nSPS) is 16.6. The second-order valence-corrected chi connectivity index (χ2v) is 4.11. The Labute approximate surface area is 87.5 Å². The van der Waals surface area contributed by atoms with Gasteiger partial charge in [0, 0.05) is 0 Å². The van der Waals surface area contributed by atoms with Crippen molar-refractivity contribution >= 4 is 12.4 Å². The Bertz CT molecular complexity index is 184. The monoisotopic (exact) mass is 193 g/mol. The fourth-order valence-electron chi connectivity index (χ4n) is 1.66. The molecule has 1 atom stereocenters. The lowest BCUT2D eigenvalue weighted by molar-refractivity contribution is 0.453. The van der Waals surface area contributed by atoms with Crippen LogP contribution in [0, 0.1) is 12.1 Å². The van der Waals surface area contributed by atoms with E-state index in [1.807, 2.05) is 0 Å². The minimum atomic E-state index is 0.819. The first-order valence-corrected chi connectivity index (χ1v) is 5.75. The van der Waals surface area contributed by atoms with E-state index >= 15 is 0 Å². The van der Waals surface area contributed by atoms with E-state index in [4.69, 9.17) is 0 Å². The van der Waals surface area contributed by atoms with Crippen LogP contribution in [0.4, 0.5) is 0 Å². The van der Waals surface area contributed by atoms with Crippen LogP contribution in [0.25, 0.3) is 0 Å². The van der Waals surface area contributed by atoms with Crippen LogP contribution in [-0.4, -0.2) is 12.4 Å². The van der Waals surface area contributed by atoms with E-state index in [-0.39, 0.29) is 0 Å². The molecular weight excluding hydrogens is 172 g/mol. The third-order valence-corrected chi connectivity index (χ3v) is 2.68. The Morgan fingerprint density at radius 2 is 1.86 bits per heavy atom. The van der Waals surface area contributed by atoms with Crippen LogP contribution in [0.1, 0.15) is 52.4 Å². The second kappa shape index (κ2) is 6.63. The number of aliphatic imine (C=N–C) groups is 2. The molecule has 1 unspecified atom stereocenters. The highest BCUT2D eigenvalue weighted by atomic mass is 15.0. The van der Waals surface area contributed by atoms with Crippen LogP contribution in [0.5, 0.6) is 0 Å². The zero-order valence-electron chi connectivity index (χ0n) is 9.37. The molecule has 0 saturated carbocycles. The number of rotatable bonds is 7. The smallest absolute Gasteiger partial charge is 0.0968 e. The Balaban J connectivity index is 1.99. The zero-order valence-corrected chi connectivity index (χ0v) is 9.37. The van der Waals surface area contributed by atoms with Gasteiger partial charge in [-0.15, -0.1) is 0 Å². The van der Waals surface area contributed by atoms with Crippen LogP contribution >= 0.6 is 0 Å². The van der Waals surface area contributed by atoms with Crippen molar-refractivity contribution in [2.24, 2.45) is 15.9 Å². The van der Waals surface area contributed by atoms with Crippen molar-refractivity contribution in [2.75, 3.05) is 0 Å². The van der Waals surface area contributed by atoms with Gasteiger partial charge >= 0.3 is 0 Å². The van der Waals surface area contributed by atoms with Crippen molar-refractivity contribution in [3.63, 3.8) is 0 Å². The number of unbranched alkanes of at least 4 members (excludes halogenated alkanes) is 2. The van der Waals surface area contributed by atoms with Crippen molar-refractivity contribution in [1.29, 1.82) is 0 Å². The molecule has 0 amide bonds. The average molecular weight is 193 g/mol. The van der Waals surface area contributed by atoms with Gasteiger partial charge in [0.2, 0.25) is 6.17 Å². The molecule has 1 aliphatic heterocycles. The Kier molecular flexibility index (Phi) is 5.35. The molecule has 0 N–H and O–H groups in total. The maximum Gasteiger partial charge on any atom is 0.240 e. The topological polar surface area (TPSA) is 24.7 Å². The minimum absolute atomic E-state index is 0.819. The number of hydrogen-bond donors (Lipinski definition) is 0. The standard InChI is InChI=1S/C12H21N2/c1-3-4-5-6-11(2)7-8-12-13-9-10-14-12/h9-11H,3-8H2,1-2H3/q+1. The van der Waals surface area contributed by atoms with Gasteiger partial charge in [0.15, 0.2) is 12.4 Å². The molecule has 0 aromatic heterocycles. The molecule has 1 heterocycles. The van der Waals surface area contributed by atoms with Crippen LogP contribution in [0.15, 0.2) is 9.98 Å². The van der Waals surface area contributed by atoms with Crippen LogP contribution < -0.4 is 0 Å². The summed E-state index contributed by atoms with van der Waals surface area (Å²) in [5.74, 6) is 0.819. The molecule has 0 fully saturated rings. The first kappa shape index (κ1) is 11.3. The molecule has 1 rings (SSSR count). The highest BCUT2D eigenvalue weighted by Crippen LogP contribution is 2.21. The van der Waals surface area contributed by atoms with Gasteiger partial charge in [-0.05, 0) is 12.3 Å². The van der Waals surface area contributed by atoms with Crippen molar-refractivity contribution in [2.45, 2.75) is 52.4 Å². The van der Waals surface area contributed by atoms with E-state index in [9.17, 15) is 0 Å². The lowest BCUT2D eigenvalue weighted by atomic mass is 9.98. The average Bonchev–Trinajstić information content (AvgIpc) is 2.68. The third-order valence-electron chi connectivity index (χ3n) is 2.68. The largest absolute Gasteiger partial charge is 0.240 e. The van der Waals surface area contributed by atoms with Crippen molar-refractivity contribution < 1.29 is 0 Å². The molecule has 2 nitrogen and oxygen atoms in total. The van der Waals surface area contributed by atoms with Gasteiger partial charge in [0.25, 0.3) is 0 Å². The lowest BCUT2D eigenvalue weighted by Gasteiger charge is -2.09. The molecule has 1 aliphatic rings. The van der Waals surface area contributed by atoms with Gasteiger partial charge in [-0.2, -0.15) is 0 Å². The summed E-state index contributed by atoms with van der Waals surface area (Å²) in [6.07, 6.45) is 12.2. The maximum absolute atomic E-state index is 4.17. The van der Waals surface area contributed by atoms with E-state index in [2.05, 4.69) is 23.8 Å². The molecule has 0 radical (unpaired) electrons. The predicted octanol–water partition coefficient (Wildman–Crippen LogP) is 3.63. The molecule has 0 bridgehead atoms. The fraction of sp³-hybridized carbons (Fsp3) is 0.750. The highest BCUT2D eigenvalue weighted by Gasteiger charge is 2.16. The summed E-state index contributed by atoms with van der Waals surface area (Å²) in [4.78, 5) is 8.35. The van der Waals surface area contributed by atoms with E-state index in [0.29, 0.717) is 0 Å². The van der Waals surface area contributed by atoms with Gasteiger partial charge in [-0.1, -0.05) is 49.5 Å². The Morgan fingerprint density at radius 1 is 1.14 bits per heavy atom. The fourth-order valence-corrected chi connectivity index (χ4v) is 1.66. The minimum Gasteiger partial charge on any atom is -0.0968 e. The molecule has 78 valence electrons. The third kappa shape index (κ3) is 4.45. The molecular formula is C12H21N2+. The SMILES string of the molecule is CCCCCC(C)CC[C+]1N=CC=N1. The molecule has 0 saturated heterocycles. The molecule has 0 aliphatic carbocycles. The molecule has 2 heteroatoms. The number of hydrogen-bond acceptors (Lipinski definition) is 2. The number of nitrogens with zero attached hydrogens (tertiary/aromatic N) is 2. The van der Waals surface area contributed by atoms with E-state index < -0.39 is 0 Å². The van der Waals surface area contributed by atoms with Gasteiger partial charge < -0.3 is 0 Å². The van der Waals surface area contributed by atoms with Gasteiger partial charge in [0.05, 0.1) is 6.42 Å². The van der Waals surface area contributed by atoms with Gasteiger partial charge in [-0.3, -0.25) is 0 Å². The Hall–Kier alpha value is -0.790. The first-order chi connectivity index (χ1) is 6.83. The van der Waals surface area contributed by atoms with Crippen molar-refractivity contribution in [1.82, 2.24) is 0 Å². The first-order valence-electron chi connectivity index (χ1n) is 5.75. The zero-order chi connectivity index (χ0) is 10.2. The summed E-state index contributed by atoms with van der Waals surface area (Å²) in [5.41, 5.74) is 0. The summed E-state index contributed by atoms with van der Waals surface area (Å²) in [7, 11) is 0. The summed E-state index contributed by atoms with van der Waals surface area (Å²) >= 11 is 0. The molecule has 0 spiro atoms. The van der Waals surface area contributed by atoms with E-state index in [1.165, 1.54) is 32.1 Å². The highest BCUT2D eigenvalue weighted by molar-refractivity contribution is 6.18. The van der Waals surface area contributed by atoms with Gasteiger partial charge in [-0.25, -0.2) is 0 Å². The van der Waals surface area contributed by atoms with Crippen LogP contribution in [0.3, 0.4) is 0 Å². The second-order valence-electron chi connectivity index (χ2n) is 4.11. The molecule has 14 heavy (non-hydrogen) atoms. The maximum atomic E-state index is 4.17. The van der Waals surface area contributed by atoms with E-state index in [1.54, 1.807) is 12.4 Å². The van der Waals surface area contributed by atoms with E-state index in [0.717, 1.165) is 18.5 Å². The van der Waals surface area contributed by atoms with Crippen LogP contribution in [-0.2, 0) is 0 Å². The van der Waals surface area contributed by atoms with Gasteiger partial charge in [0.1, 0.15) is 0 Å². The van der Waals surface area contributed by atoms with Crippen molar-refractivity contribution in [3.8, 4) is 0 Å². The van der Waals surface area contributed by atoms with Crippen molar-refractivity contribution in [3.05, 3.63) is 6.17 Å². The summed E-state index contributed by atoms with van der Waals surface area (Å²) < 4.78 is 0. The lowest BCUT2D eigenvalue weighted by Crippen LogP contribution is -1.97. The Morgan fingerprint density at radius 3 is 2.50 bits per heavy atom.